The van der Waals surface area contributed by atoms with Crippen LogP contribution in [0.25, 0.3) is 0 Å². The van der Waals surface area contributed by atoms with Crippen LogP contribution in [0.3, 0.4) is 0 Å². The van der Waals surface area contributed by atoms with Gasteiger partial charge in [-0.25, -0.2) is 4.39 Å². The average Bonchev–Trinajstić information content (AvgIpc) is 2.17. The van der Waals surface area contributed by atoms with Crippen molar-refractivity contribution in [3.8, 4) is 0 Å². The third-order valence-electron chi connectivity index (χ3n) is 3.49. The van der Waals surface area contributed by atoms with Crippen LogP contribution < -0.4 is 5.32 Å². The number of likely N-dealkylation sites (N-methyl/N-ethyl adjacent to an activating group) is 1. The largest absolute Gasteiger partial charge is 0.316 e. The lowest BCUT2D eigenvalue weighted by Crippen LogP contribution is -2.39. The maximum absolute atomic E-state index is 13.4. The summed E-state index contributed by atoms with van der Waals surface area (Å²) < 4.78 is 13.4. The number of hydrogen-bond donors (Lipinski definition) is 1. The van der Waals surface area contributed by atoms with Gasteiger partial charge in [-0.1, -0.05) is 24.6 Å². The Kier molecular flexibility index (Phi) is 3.37. The van der Waals surface area contributed by atoms with Gasteiger partial charge in [-0.05, 0) is 43.9 Å². The molecule has 2 heteroatoms. The zero-order valence-electron chi connectivity index (χ0n) is 9.17. The molecule has 1 aliphatic carbocycles. The lowest BCUT2D eigenvalue weighted by atomic mass is 9.77. The monoisotopic (exact) mass is 207 g/mol. The van der Waals surface area contributed by atoms with Crippen LogP contribution in [0.1, 0.15) is 24.8 Å². The Morgan fingerprint density at radius 3 is 2.67 bits per heavy atom. The molecule has 1 aromatic rings. The molecule has 0 aromatic heterocycles. The molecular weight excluding hydrogens is 189 g/mol. The third-order valence-corrected chi connectivity index (χ3v) is 3.49. The third kappa shape index (κ3) is 2.37. The van der Waals surface area contributed by atoms with Gasteiger partial charge in [0.15, 0.2) is 0 Å². The molecule has 1 N–H and O–H groups in total. The van der Waals surface area contributed by atoms with Gasteiger partial charge in [0.1, 0.15) is 5.82 Å². The minimum absolute atomic E-state index is 0.0722. The van der Waals surface area contributed by atoms with Gasteiger partial charge in [0.25, 0.3) is 0 Å². The molecule has 0 amide bonds. The molecule has 0 spiro atoms. The van der Waals surface area contributed by atoms with Crippen molar-refractivity contribution in [3.63, 3.8) is 0 Å². The van der Waals surface area contributed by atoms with E-state index < -0.39 is 0 Å². The lowest BCUT2D eigenvalue weighted by Gasteiger charge is -2.33. The fourth-order valence-electron chi connectivity index (χ4n) is 2.25. The summed E-state index contributed by atoms with van der Waals surface area (Å²) in [6.45, 7) is 0. The molecule has 0 heterocycles. The normalized spacial score (nSPS) is 18.5. The topological polar surface area (TPSA) is 12.0 Å². The second-order valence-electron chi connectivity index (χ2n) is 4.38. The van der Waals surface area contributed by atoms with Crippen LogP contribution in [-0.2, 0) is 6.42 Å². The molecule has 82 valence electrons. The molecule has 1 aliphatic rings. The molecular formula is C13H18FN. The Labute approximate surface area is 90.7 Å². The number of benzene rings is 1. The van der Waals surface area contributed by atoms with Crippen molar-refractivity contribution in [3.05, 3.63) is 35.6 Å². The Morgan fingerprint density at radius 1 is 1.40 bits per heavy atom. The quantitative estimate of drug-likeness (QED) is 0.800. The van der Waals surface area contributed by atoms with Crippen LogP contribution in [0.5, 0.6) is 0 Å². The Morgan fingerprint density at radius 2 is 2.13 bits per heavy atom. The highest BCUT2D eigenvalue weighted by Gasteiger charge is 2.26. The molecule has 1 unspecified atom stereocenters. The minimum Gasteiger partial charge on any atom is -0.316 e. The Balaban J connectivity index is 2.02. The summed E-state index contributed by atoms with van der Waals surface area (Å²) in [4.78, 5) is 0. The highest BCUT2D eigenvalue weighted by molar-refractivity contribution is 5.18. The second kappa shape index (κ2) is 4.75. The second-order valence-corrected chi connectivity index (χ2v) is 4.38. The summed E-state index contributed by atoms with van der Waals surface area (Å²) >= 11 is 0. The molecule has 1 saturated carbocycles. The van der Waals surface area contributed by atoms with Crippen molar-refractivity contribution in [2.45, 2.75) is 31.7 Å². The van der Waals surface area contributed by atoms with Gasteiger partial charge in [0.2, 0.25) is 0 Å². The summed E-state index contributed by atoms with van der Waals surface area (Å²) in [6, 6.07) is 7.53. The number of hydrogen-bond acceptors (Lipinski definition) is 1. The van der Waals surface area contributed by atoms with Crippen molar-refractivity contribution in [1.82, 2.24) is 5.32 Å². The van der Waals surface area contributed by atoms with Gasteiger partial charge in [-0.15, -0.1) is 0 Å². The van der Waals surface area contributed by atoms with Gasteiger partial charge >= 0.3 is 0 Å². The van der Waals surface area contributed by atoms with Crippen LogP contribution in [0.15, 0.2) is 24.3 Å². The number of nitrogens with one attached hydrogen (secondary N) is 1. The van der Waals surface area contributed by atoms with Gasteiger partial charge < -0.3 is 5.32 Å². The first-order valence-electron chi connectivity index (χ1n) is 5.72. The standard InChI is InChI=1S/C13H18FN/c1-15-13(10-6-4-7-10)9-11-5-2-3-8-12(11)14/h2-3,5,8,10,13,15H,4,6-7,9H2,1H3. The molecule has 0 saturated heterocycles. The van der Waals surface area contributed by atoms with Gasteiger partial charge in [-0.2, -0.15) is 0 Å². The van der Waals surface area contributed by atoms with Crippen LogP contribution in [0.4, 0.5) is 4.39 Å². The van der Waals surface area contributed by atoms with E-state index in [1.54, 1.807) is 12.1 Å². The maximum Gasteiger partial charge on any atom is 0.126 e. The predicted molar refractivity (Wildman–Crippen MR) is 60.3 cm³/mol. The van der Waals surface area contributed by atoms with Crippen LogP contribution in [0.2, 0.25) is 0 Å². The number of halogens is 1. The highest BCUT2D eigenvalue weighted by Crippen LogP contribution is 2.31. The van der Waals surface area contributed by atoms with E-state index in [9.17, 15) is 4.39 Å². The first-order valence-corrected chi connectivity index (χ1v) is 5.72. The van der Waals surface area contributed by atoms with E-state index in [-0.39, 0.29) is 5.82 Å². The van der Waals surface area contributed by atoms with E-state index in [4.69, 9.17) is 0 Å². The molecule has 1 nitrogen and oxygen atoms in total. The predicted octanol–water partition coefficient (Wildman–Crippen LogP) is 2.76. The molecule has 0 bridgehead atoms. The summed E-state index contributed by atoms with van der Waals surface area (Å²) in [5, 5.41) is 3.31. The first-order chi connectivity index (χ1) is 7.31. The summed E-state index contributed by atoms with van der Waals surface area (Å²) in [5.74, 6) is 0.673. The fourth-order valence-corrected chi connectivity index (χ4v) is 2.25. The molecule has 15 heavy (non-hydrogen) atoms. The summed E-state index contributed by atoms with van der Waals surface area (Å²) in [5.41, 5.74) is 0.837. The SMILES string of the molecule is CNC(Cc1ccccc1F)C1CCC1. The van der Waals surface area contributed by atoms with E-state index in [0.29, 0.717) is 6.04 Å². The van der Waals surface area contributed by atoms with E-state index in [1.165, 1.54) is 19.3 Å². The molecule has 1 fully saturated rings. The van der Waals surface area contributed by atoms with Gasteiger partial charge in [0.05, 0.1) is 0 Å². The minimum atomic E-state index is -0.0722. The van der Waals surface area contributed by atoms with Crippen molar-refractivity contribution in [2.24, 2.45) is 5.92 Å². The van der Waals surface area contributed by atoms with Crippen molar-refractivity contribution in [2.75, 3.05) is 7.05 Å². The van der Waals surface area contributed by atoms with Crippen LogP contribution >= 0.6 is 0 Å². The van der Waals surface area contributed by atoms with Crippen LogP contribution in [-0.4, -0.2) is 13.1 Å². The van der Waals surface area contributed by atoms with Crippen LogP contribution in [0, 0.1) is 11.7 Å². The Hall–Kier alpha value is -0.890. The number of rotatable bonds is 4. The molecule has 0 radical (unpaired) electrons. The molecule has 0 aliphatic heterocycles. The van der Waals surface area contributed by atoms with Crippen molar-refractivity contribution >= 4 is 0 Å². The summed E-state index contributed by atoms with van der Waals surface area (Å²) in [6.07, 6.45) is 4.73. The highest BCUT2D eigenvalue weighted by atomic mass is 19.1. The van der Waals surface area contributed by atoms with Crippen molar-refractivity contribution in [1.29, 1.82) is 0 Å². The zero-order valence-corrected chi connectivity index (χ0v) is 9.17. The van der Waals surface area contributed by atoms with E-state index in [2.05, 4.69) is 5.32 Å². The van der Waals surface area contributed by atoms with Gasteiger partial charge in [-0.3, -0.25) is 0 Å². The van der Waals surface area contributed by atoms with E-state index in [1.807, 2.05) is 19.2 Å². The van der Waals surface area contributed by atoms with E-state index in [0.717, 1.165) is 17.9 Å². The molecule has 1 aromatic carbocycles. The van der Waals surface area contributed by atoms with Crippen molar-refractivity contribution < 1.29 is 4.39 Å². The molecule has 1 atom stereocenters. The summed E-state index contributed by atoms with van der Waals surface area (Å²) in [7, 11) is 1.98. The Bertz CT molecular complexity index is 320. The molecule has 2 rings (SSSR count). The lowest BCUT2D eigenvalue weighted by molar-refractivity contribution is 0.234. The van der Waals surface area contributed by atoms with Gasteiger partial charge in [0, 0.05) is 6.04 Å². The zero-order chi connectivity index (χ0) is 10.7. The first kappa shape index (κ1) is 10.6. The fraction of sp³-hybridized carbons (Fsp3) is 0.538. The maximum atomic E-state index is 13.4. The van der Waals surface area contributed by atoms with E-state index >= 15 is 0 Å². The average molecular weight is 207 g/mol. The smallest absolute Gasteiger partial charge is 0.126 e.